The van der Waals surface area contributed by atoms with E-state index >= 15 is 0 Å². The molecule has 1 fully saturated rings. The second kappa shape index (κ2) is 5.20. The normalized spacial score (nSPS) is 17.0. The lowest BCUT2D eigenvalue weighted by atomic mass is 9.94. The van der Waals surface area contributed by atoms with Crippen molar-refractivity contribution in [2.24, 2.45) is 0 Å². The summed E-state index contributed by atoms with van der Waals surface area (Å²) in [5, 5.41) is 3.10. The molecule has 1 aromatic heterocycles. The molecule has 1 aliphatic carbocycles. The van der Waals surface area contributed by atoms with Gasteiger partial charge in [0.15, 0.2) is 0 Å². The molecule has 1 aliphatic rings. The molecule has 1 heterocycles. The number of anilines is 1. The molecule has 108 valence electrons. The fourth-order valence-electron chi connectivity index (χ4n) is 2.62. The average Bonchev–Trinajstić information content (AvgIpc) is 3.30. The Bertz CT molecular complexity index is 633. The minimum atomic E-state index is -0.371. The number of pyridine rings is 1. The molecule has 0 radical (unpaired) electrons. The maximum absolute atomic E-state index is 12.6. The lowest BCUT2D eigenvalue weighted by Crippen LogP contribution is -2.36. The largest absolute Gasteiger partial charge is 0.399 e. The lowest BCUT2D eigenvalue weighted by molar-refractivity contribution is -0.124. The molecule has 0 saturated heterocycles. The smallest absolute Gasteiger partial charge is 0.231 e. The number of amides is 1. The van der Waals surface area contributed by atoms with E-state index in [-0.39, 0.29) is 17.4 Å². The molecule has 3 N–H and O–H groups in total. The van der Waals surface area contributed by atoms with Gasteiger partial charge in [0, 0.05) is 18.1 Å². The molecule has 4 nitrogen and oxygen atoms in total. The third kappa shape index (κ3) is 2.61. The van der Waals surface area contributed by atoms with E-state index in [4.69, 9.17) is 5.73 Å². The fourth-order valence-corrected chi connectivity index (χ4v) is 2.62. The van der Waals surface area contributed by atoms with Crippen molar-refractivity contribution in [2.75, 3.05) is 5.73 Å². The van der Waals surface area contributed by atoms with Crippen molar-refractivity contribution in [3.8, 4) is 0 Å². The summed E-state index contributed by atoms with van der Waals surface area (Å²) in [6.45, 7) is 1.98. The van der Waals surface area contributed by atoms with Crippen LogP contribution in [0.25, 0.3) is 0 Å². The number of benzene rings is 1. The number of hydrogen-bond donors (Lipinski definition) is 2. The van der Waals surface area contributed by atoms with Crippen molar-refractivity contribution in [2.45, 2.75) is 31.2 Å². The Hall–Kier alpha value is -2.36. The number of nitrogens with one attached hydrogen (secondary N) is 1. The molecule has 0 aliphatic heterocycles. The first-order valence-corrected chi connectivity index (χ1v) is 7.19. The quantitative estimate of drug-likeness (QED) is 0.846. The summed E-state index contributed by atoms with van der Waals surface area (Å²) in [5.74, 6) is 0.0867. The zero-order valence-corrected chi connectivity index (χ0v) is 12.0. The van der Waals surface area contributed by atoms with Crippen LogP contribution < -0.4 is 11.1 Å². The molecule has 1 atom stereocenters. The zero-order valence-electron chi connectivity index (χ0n) is 12.0. The highest BCUT2D eigenvalue weighted by molar-refractivity contribution is 5.91. The molecule has 0 unspecified atom stereocenters. The Labute approximate surface area is 124 Å². The van der Waals surface area contributed by atoms with Gasteiger partial charge in [0.2, 0.25) is 5.91 Å². The number of carbonyl (C=O) groups excluding carboxylic acids is 1. The van der Waals surface area contributed by atoms with Gasteiger partial charge in [-0.2, -0.15) is 0 Å². The van der Waals surface area contributed by atoms with Crippen LogP contribution in [0.1, 0.15) is 36.9 Å². The van der Waals surface area contributed by atoms with Gasteiger partial charge >= 0.3 is 0 Å². The van der Waals surface area contributed by atoms with E-state index in [1.54, 1.807) is 12.4 Å². The third-order valence-electron chi connectivity index (χ3n) is 4.18. The van der Waals surface area contributed by atoms with Crippen LogP contribution in [0.15, 0.2) is 48.8 Å². The Balaban J connectivity index is 1.75. The molecule has 0 bridgehead atoms. The van der Waals surface area contributed by atoms with Gasteiger partial charge in [0.1, 0.15) is 0 Å². The maximum atomic E-state index is 12.6. The van der Waals surface area contributed by atoms with E-state index in [1.165, 1.54) is 0 Å². The van der Waals surface area contributed by atoms with Gasteiger partial charge in [-0.05, 0) is 49.1 Å². The Morgan fingerprint density at radius 2 is 2.00 bits per heavy atom. The summed E-state index contributed by atoms with van der Waals surface area (Å²) < 4.78 is 0. The predicted molar refractivity (Wildman–Crippen MR) is 82.6 cm³/mol. The van der Waals surface area contributed by atoms with Crippen molar-refractivity contribution in [1.29, 1.82) is 0 Å². The monoisotopic (exact) mass is 281 g/mol. The second-order valence-corrected chi connectivity index (χ2v) is 5.69. The SMILES string of the molecule is C[C@H](NC(=O)C1(c2ccc(N)cc2)CC1)c1cccnc1. The van der Waals surface area contributed by atoms with Crippen LogP contribution in [0, 0.1) is 0 Å². The van der Waals surface area contributed by atoms with Crippen LogP contribution >= 0.6 is 0 Å². The highest BCUT2D eigenvalue weighted by atomic mass is 16.2. The highest BCUT2D eigenvalue weighted by Crippen LogP contribution is 2.48. The van der Waals surface area contributed by atoms with Crippen LogP contribution in [-0.4, -0.2) is 10.9 Å². The molecule has 21 heavy (non-hydrogen) atoms. The van der Waals surface area contributed by atoms with E-state index in [9.17, 15) is 4.79 Å². The first-order valence-electron chi connectivity index (χ1n) is 7.19. The second-order valence-electron chi connectivity index (χ2n) is 5.69. The van der Waals surface area contributed by atoms with Crippen molar-refractivity contribution in [3.63, 3.8) is 0 Å². The Morgan fingerprint density at radius 1 is 1.29 bits per heavy atom. The summed E-state index contributed by atoms with van der Waals surface area (Å²) in [5.41, 5.74) is 8.13. The molecule has 0 spiro atoms. The molecule has 1 amide bonds. The number of rotatable bonds is 4. The topological polar surface area (TPSA) is 68.0 Å². The minimum Gasteiger partial charge on any atom is -0.399 e. The van der Waals surface area contributed by atoms with Gasteiger partial charge in [0.25, 0.3) is 0 Å². The van der Waals surface area contributed by atoms with Crippen LogP contribution in [0.3, 0.4) is 0 Å². The van der Waals surface area contributed by atoms with E-state index in [0.29, 0.717) is 0 Å². The predicted octanol–water partition coefficient (Wildman–Crippen LogP) is 2.57. The van der Waals surface area contributed by atoms with Crippen LogP contribution in [0.5, 0.6) is 0 Å². The van der Waals surface area contributed by atoms with E-state index in [1.807, 2.05) is 43.3 Å². The maximum Gasteiger partial charge on any atom is 0.231 e. The van der Waals surface area contributed by atoms with Gasteiger partial charge in [0.05, 0.1) is 11.5 Å². The first kappa shape index (κ1) is 13.6. The number of nitrogens with zero attached hydrogens (tertiary/aromatic N) is 1. The Morgan fingerprint density at radius 3 is 2.57 bits per heavy atom. The van der Waals surface area contributed by atoms with Gasteiger partial charge in [-0.1, -0.05) is 18.2 Å². The van der Waals surface area contributed by atoms with E-state index < -0.39 is 0 Å². The molecular weight excluding hydrogens is 262 g/mol. The third-order valence-corrected chi connectivity index (χ3v) is 4.18. The summed E-state index contributed by atoms with van der Waals surface area (Å²) in [6.07, 6.45) is 5.30. The van der Waals surface area contributed by atoms with Crippen molar-refractivity contribution < 1.29 is 4.79 Å². The van der Waals surface area contributed by atoms with Crippen LogP contribution in [-0.2, 0) is 10.2 Å². The molecule has 1 saturated carbocycles. The van der Waals surface area contributed by atoms with Gasteiger partial charge in [-0.3, -0.25) is 9.78 Å². The standard InChI is InChI=1S/C17H19N3O/c1-12(13-3-2-10-19-11-13)20-16(21)17(8-9-17)14-4-6-15(18)7-5-14/h2-7,10-12H,8-9,18H2,1H3,(H,20,21)/t12-/m0/s1. The Kier molecular flexibility index (Phi) is 3.37. The lowest BCUT2D eigenvalue weighted by Gasteiger charge is -2.20. The fraction of sp³-hybridized carbons (Fsp3) is 0.294. The summed E-state index contributed by atoms with van der Waals surface area (Å²) in [6, 6.07) is 11.4. The molecule has 4 heteroatoms. The van der Waals surface area contributed by atoms with Crippen LogP contribution in [0.2, 0.25) is 0 Å². The van der Waals surface area contributed by atoms with Gasteiger partial charge in [-0.15, -0.1) is 0 Å². The zero-order chi connectivity index (χ0) is 14.9. The molecule has 2 aromatic rings. The van der Waals surface area contributed by atoms with Crippen molar-refractivity contribution >= 4 is 11.6 Å². The number of hydrogen-bond acceptors (Lipinski definition) is 3. The number of nitrogens with two attached hydrogens (primary N) is 1. The average molecular weight is 281 g/mol. The molecular formula is C17H19N3O. The van der Waals surface area contributed by atoms with Gasteiger partial charge in [-0.25, -0.2) is 0 Å². The van der Waals surface area contributed by atoms with Crippen molar-refractivity contribution in [3.05, 3.63) is 59.9 Å². The van der Waals surface area contributed by atoms with Gasteiger partial charge < -0.3 is 11.1 Å². The number of aromatic nitrogens is 1. The summed E-state index contributed by atoms with van der Waals surface area (Å²) in [4.78, 5) is 16.7. The van der Waals surface area contributed by atoms with E-state index in [0.717, 1.165) is 29.7 Å². The minimum absolute atomic E-state index is 0.0440. The van der Waals surface area contributed by atoms with E-state index in [2.05, 4.69) is 10.3 Å². The van der Waals surface area contributed by atoms with Crippen molar-refractivity contribution in [1.82, 2.24) is 10.3 Å². The molecule has 1 aromatic carbocycles. The molecule has 3 rings (SSSR count). The first-order chi connectivity index (χ1) is 10.1. The summed E-state index contributed by atoms with van der Waals surface area (Å²) in [7, 11) is 0. The summed E-state index contributed by atoms with van der Waals surface area (Å²) >= 11 is 0. The number of carbonyl (C=O) groups is 1. The number of nitrogen functional groups attached to an aromatic ring is 1. The van der Waals surface area contributed by atoms with Crippen LogP contribution in [0.4, 0.5) is 5.69 Å². The highest BCUT2D eigenvalue weighted by Gasteiger charge is 2.51.